The summed E-state index contributed by atoms with van der Waals surface area (Å²) in [7, 11) is 3.33. The second-order valence-corrected chi connectivity index (χ2v) is 3.73. The van der Waals surface area contributed by atoms with Gasteiger partial charge in [-0.25, -0.2) is 4.98 Å². The van der Waals surface area contributed by atoms with Crippen LogP contribution in [0, 0.1) is 0 Å². The smallest absolute Gasteiger partial charge is 0.163 e. The molecule has 0 saturated heterocycles. The maximum Gasteiger partial charge on any atom is 0.163 e. The average Bonchev–Trinajstić information content (AvgIpc) is 2.93. The van der Waals surface area contributed by atoms with Crippen molar-refractivity contribution in [3.63, 3.8) is 0 Å². The fourth-order valence-corrected chi connectivity index (χ4v) is 1.86. The van der Waals surface area contributed by atoms with Crippen LogP contribution in [0.2, 0.25) is 0 Å². The number of methoxy groups -OCH3 is 1. The molecule has 1 atom stereocenters. The molecule has 2 aromatic heterocycles. The van der Waals surface area contributed by atoms with Gasteiger partial charge in [-0.1, -0.05) is 0 Å². The molecule has 2 rings (SSSR count). The molecule has 0 radical (unpaired) electrons. The summed E-state index contributed by atoms with van der Waals surface area (Å²) < 4.78 is 8.68. The summed E-state index contributed by atoms with van der Waals surface area (Å²) in [6.07, 6.45) is 4.15. The van der Waals surface area contributed by atoms with E-state index >= 15 is 0 Å². The van der Waals surface area contributed by atoms with Gasteiger partial charge in [0.1, 0.15) is 11.8 Å². The molecule has 0 aliphatic rings. The number of aromatic nitrogens is 4. The Balaban J connectivity index is 2.43. The van der Waals surface area contributed by atoms with E-state index in [-0.39, 0.29) is 0 Å². The molecule has 1 N–H and O–H groups in total. The van der Waals surface area contributed by atoms with Crippen LogP contribution in [0.4, 0.5) is 0 Å². The number of aliphatic hydroxyl groups is 1. The molecule has 2 heterocycles. The van der Waals surface area contributed by atoms with Crippen molar-refractivity contribution in [2.45, 2.75) is 19.6 Å². The van der Waals surface area contributed by atoms with Crippen molar-refractivity contribution in [2.75, 3.05) is 7.11 Å². The highest BCUT2D eigenvalue weighted by Gasteiger charge is 2.22. The van der Waals surface area contributed by atoms with Crippen molar-refractivity contribution in [1.29, 1.82) is 0 Å². The van der Waals surface area contributed by atoms with E-state index in [9.17, 15) is 5.11 Å². The molecule has 0 aliphatic heterocycles. The van der Waals surface area contributed by atoms with Gasteiger partial charge in [0.25, 0.3) is 0 Å². The number of rotatable bonds is 4. The predicted octanol–water partition coefficient (Wildman–Crippen LogP) is 0.727. The van der Waals surface area contributed by atoms with Gasteiger partial charge >= 0.3 is 0 Å². The highest BCUT2D eigenvalue weighted by atomic mass is 16.5. The zero-order chi connectivity index (χ0) is 12.4. The molecule has 0 fully saturated rings. The number of aryl methyl sites for hydroxylation is 2. The number of aliphatic hydroxyl groups excluding tert-OH is 1. The Hall–Kier alpha value is -1.82. The second kappa shape index (κ2) is 4.58. The molecular weight excluding hydrogens is 220 g/mol. The Kier molecular flexibility index (Phi) is 3.14. The zero-order valence-electron chi connectivity index (χ0n) is 10.2. The van der Waals surface area contributed by atoms with Gasteiger partial charge in [-0.05, 0) is 6.92 Å². The van der Waals surface area contributed by atoms with Crippen molar-refractivity contribution >= 4 is 0 Å². The van der Waals surface area contributed by atoms with E-state index in [0.29, 0.717) is 11.4 Å². The summed E-state index contributed by atoms with van der Waals surface area (Å²) >= 11 is 0. The summed E-state index contributed by atoms with van der Waals surface area (Å²) in [6, 6.07) is 0. The van der Waals surface area contributed by atoms with Crippen LogP contribution in [0.3, 0.4) is 0 Å². The van der Waals surface area contributed by atoms with Crippen LogP contribution < -0.4 is 4.74 Å². The molecule has 0 spiro atoms. The quantitative estimate of drug-likeness (QED) is 0.849. The number of hydrogen-bond donors (Lipinski definition) is 1. The van der Waals surface area contributed by atoms with Crippen LogP contribution in [0.25, 0.3) is 0 Å². The van der Waals surface area contributed by atoms with Gasteiger partial charge in [0, 0.05) is 13.6 Å². The minimum atomic E-state index is -0.792. The standard InChI is InChI=1S/C11H16N4O2/c1-4-15-7-12-5-8(15)11(16)10-9(17-3)6-13-14(10)2/h5-7,11,16H,4H2,1-3H3. The van der Waals surface area contributed by atoms with Gasteiger partial charge in [-0.2, -0.15) is 5.10 Å². The summed E-state index contributed by atoms with van der Waals surface area (Å²) in [5.41, 5.74) is 1.36. The first-order valence-electron chi connectivity index (χ1n) is 5.43. The van der Waals surface area contributed by atoms with Crippen LogP contribution in [0.1, 0.15) is 24.4 Å². The van der Waals surface area contributed by atoms with Crippen molar-refractivity contribution in [2.24, 2.45) is 7.05 Å². The molecule has 17 heavy (non-hydrogen) atoms. The van der Waals surface area contributed by atoms with Crippen LogP contribution in [0.15, 0.2) is 18.7 Å². The van der Waals surface area contributed by atoms with Crippen molar-refractivity contribution in [1.82, 2.24) is 19.3 Å². The molecular formula is C11H16N4O2. The molecule has 0 saturated carbocycles. The number of nitrogens with zero attached hydrogens (tertiary/aromatic N) is 4. The SMILES string of the molecule is CCn1cncc1C(O)c1c(OC)cnn1C. The van der Waals surface area contributed by atoms with Gasteiger partial charge < -0.3 is 14.4 Å². The molecule has 92 valence electrons. The summed E-state index contributed by atoms with van der Waals surface area (Å²) in [6.45, 7) is 2.75. The van der Waals surface area contributed by atoms with Gasteiger partial charge in [-0.3, -0.25) is 4.68 Å². The summed E-state index contributed by atoms with van der Waals surface area (Å²) in [5, 5.41) is 14.4. The van der Waals surface area contributed by atoms with E-state index in [2.05, 4.69) is 10.1 Å². The molecule has 0 aliphatic carbocycles. The van der Waals surface area contributed by atoms with Crippen molar-refractivity contribution < 1.29 is 9.84 Å². The molecule has 0 aromatic carbocycles. The predicted molar refractivity (Wildman–Crippen MR) is 61.7 cm³/mol. The molecule has 1 unspecified atom stereocenters. The van der Waals surface area contributed by atoms with E-state index in [4.69, 9.17) is 4.74 Å². The van der Waals surface area contributed by atoms with Crippen molar-refractivity contribution in [3.05, 3.63) is 30.1 Å². The van der Waals surface area contributed by atoms with E-state index in [1.54, 1.807) is 37.6 Å². The largest absolute Gasteiger partial charge is 0.493 e. The van der Waals surface area contributed by atoms with Gasteiger partial charge in [0.15, 0.2) is 5.75 Å². The maximum absolute atomic E-state index is 10.4. The zero-order valence-corrected chi connectivity index (χ0v) is 10.2. The minimum Gasteiger partial charge on any atom is -0.493 e. The fraction of sp³-hybridized carbons (Fsp3) is 0.455. The average molecular weight is 236 g/mol. The van der Waals surface area contributed by atoms with Gasteiger partial charge in [-0.15, -0.1) is 0 Å². The number of hydrogen-bond acceptors (Lipinski definition) is 4. The Morgan fingerprint density at radius 1 is 1.47 bits per heavy atom. The van der Waals surface area contributed by atoms with Crippen LogP contribution in [0.5, 0.6) is 5.75 Å². The minimum absolute atomic E-state index is 0.573. The van der Waals surface area contributed by atoms with Crippen LogP contribution in [-0.4, -0.2) is 31.5 Å². The van der Waals surface area contributed by atoms with E-state index in [0.717, 1.165) is 12.2 Å². The van der Waals surface area contributed by atoms with Crippen molar-refractivity contribution in [3.8, 4) is 5.75 Å². The molecule has 6 heteroatoms. The molecule has 6 nitrogen and oxygen atoms in total. The normalized spacial score (nSPS) is 12.7. The first-order valence-corrected chi connectivity index (χ1v) is 5.43. The topological polar surface area (TPSA) is 65.1 Å². The monoisotopic (exact) mass is 236 g/mol. The summed E-state index contributed by atoms with van der Waals surface area (Å²) in [4.78, 5) is 4.04. The maximum atomic E-state index is 10.4. The summed E-state index contributed by atoms with van der Waals surface area (Å²) in [5.74, 6) is 0.573. The highest BCUT2D eigenvalue weighted by Crippen LogP contribution is 2.28. The lowest BCUT2D eigenvalue weighted by Crippen LogP contribution is -2.12. The number of imidazole rings is 1. The Labute approximate surface area is 99.5 Å². The lowest BCUT2D eigenvalue weighted by Gasteiger charge is -2.14. The lowest BCUT2D eigenvalue weighted by molar-refractivity contribution is 0.195. The third-order valence-electron chi connectivity index (χ3n) is 2.79. The molecule has 2 aromatic rings. The number of ether oxygens (including phenoxy) is 1. The molecule has 0 amide bonds. The Bertz CT molecular complexity index is 503. The van der Waals surface area contributed by atoms with Crippen LogP contribution in [-0.2, 0) is 13.6 Å². The van der Waals surface area contributed by atoms with Gasteiger partial charge in [0.2, 0.25) is 0 Å². The lowest BCUT2D eigenvalue weighted by atomic mass is 10.2. The third-order valence-corrected chi connectivity index (χ3v) is 2.79. The van der Waals surface area contributed by atoms with E-state index in [1.165, 1.54) is 0 Å². The van der Waals surface area contributed by atoms with E-state index < -0.39 is 6.10 Å². The van der Waals surface area contributed by atoms with Crippen LogP contribution >= 0.6 is 0 Å². The second-order valence-electron chi connectivity index (χ2n) is 3.73. The Morgan fingerprint density at radius 3 is 2.88 bits per heavy atom. The first kappa shape index (κ1) is 11.7. The van der Waals surface area contributed by atoms with Gasteiger partial charge in [0.05, 0.1) is 31.5 Å². The fourth-order valence-electron chi connectivity index (χ4n) is 1.86. The first-order chi connectivity index (χ1) is 8.19. The van der Waals surface area contributed by atoms with E-state index in [1.807, 2.05) is 11.5 Å². The third kappa shape index (κ3) is 1.91. The highest BCUT2D eigenvalue weighted by molar-refractivity contribution is 5.31. The Morgan fingerprint density at radius 2 is 2.24 bits per heavy atom. The molecule has 0 bridgehead atoms.